The fourth-order valence-corrected chi connectivity index (χ4v) is 3.72. The SMILES string of the molecule is CCCCCCn1ccc(=O)c(O)c1C(=O)N[C@@H](Cc1ccccc1)C(=O)NCC(=O)CCC(=O)OC. The Kier molecular flexibility index (Phi) is 12.0. The maximum atomic E-state index is 13.3. The zero-order chi connectivity index (χ0) is 27.2. The number of carbonyl (C=O) groups excluding carboxylic acids is 4. The van der Waals surface area contributed by atoms with E-state index in [-0.39, 0.29) is 37.3 Å². The summed E-state index contributed by atoms with van der Waals surface area (Å²) in [6.07, 6.45) is 5.10. The Labute approximate surface area is 216 Å². The van der Waals surface area contributed by atoms with Gasteiger partial charge in [-0.2, -0.15) is 0 Å². The molecule has 2 rings (SSSR count). The summed E-state index contributed by atoms with van der Waals surface area (Å²) in [7, 11) is 1.22. The van der Waals surface area contributed by atoms with Crippen LogP contribution in [0, 0.1) is 0 Å². The molecule has 1 aromatic heterocycles. The van der Waals surface area contributed by atoms with Crippen molar-refractivity contribution in [3.63, 3.8) is 0 Å². The van der Waals surface area contributed by atoms with Crippen molar-refractivity contribution in [3.8, 4) is 5.75 Å². The molecule has 200 valence electrons. The van der Waals surface area contributed by atoms with Gasteiger partial charge in [-0.15, -0.1) is 0 Å². The first kappa shape index (κ1) is 29.3. The van der Waals surface area contributed by atoms with Crippen molar-refractivity contribution in [1.29, 1.82) is 0 Å². The molecule has 0 unspecified atom stereocenters. The number of aromatic hydroxyl groups is 1. The summed E-state index contributed by atoms with van der Waals surface area (Å²) in [5.41, 5.74) is -0.159. The standard InChI is InChI=1S/C27H35N3O7/c1-3-4-5-9-15-30-16-14-22(32)25(34)24(30)27(36)29-21(17-19-10-7-6-8-11-19)26(35)28-18-20(31)12-13-23(33)37-2/h6-8,10-11,14,16,21,34H,3-5,9,12-13,15,17-18H2,1-2H3,(H,28,35)(H,29,36)/t21-/m0/s1. The van der Waals surface area contributed by atoms with Gasteiger partial charge in [0.2, 0.25) is 11.3 Å². The fraction of sp³-hybridized carbons (Fsp3) is 0.444. The van der Waals surface area contributed by atoms with E-state index in [4.69, 9.17) is 0 Å². The molecule has 0 fully saturated rings. The van der Waals surface area contributed by atoms with Gasteiger partial charge in [-0.25, -0.2) is 0 Å². The van der Waals surface area contributed by atoms with Gasteiger partial charge in [-0.3, -0.25) is 24.0 Å². The monoisotopic (exact) mass is 513 g/mol. The van der Waals surface area contributed by atoms with Crippen LogP contribution < -0.4 is 16.1 Å². The predicted octanol–water partition coefficient (Wildman–Crippen LogP) is 2.11. The maximum absolute atomic E-state index is 13.3. The Bertz CT molecular complexity index is 1130. The molecule has 1 aromatic carbocycles. The van der Waals surface area contributed by atoms with Crippen LogP contribution in [0.3, 0.4) is 0 Å². The van der Waals surface area contributed by atoms with Gasteiger partial charge in [0.15, 0.2) is 17.2 Å². The number of esters is 1. The molecule has 0 saturated heterocycles. The number of unbranched alkanes of at least 4 members (excludes halogenated alkanes) is 3. The molecular weight excluding hydrogens is 478 g/mol. The second-order valence-corrected chi connectivity index (χ2v) is 8.68. The number of nitrogens with zero attached hydrogens (tertiary/aromatic N) is 1. The number of carbonyl (C=O) groups is 4. The van der Waals surface area contributed by atoms with Gasteiger partial charge in [-0.05, 0) is 12.0 Å². The summed E-state index contributed by atoms with van der Waals surface area (Å²) < 4.78 is 6.02. The van der Waals surface area contributed by atoms with Crippen LogP contribution in [0.25, 0.3) is 0 Å². The number of aromatic nitrogens is 1. The van der Waals surface area contributed by atoms with Gasteiger partial charge < -0.3 is 25.0 Å². The average Bonchev–Trinajstić information content (AvgIpc) is 2.90. The van der Waals surface area contributed by atoms with Crippen LogP contribution in [0.5, 0.6) is 5.75 Å². The average molecular weight is 514 g/mol. The van der Waals surface area contributed by atoms with Crippen molar-refractivity contribution >= 4 is 23.6 Å². The van der Waals surface area contributed by atoms with Crippen LogP contribution in [0.2, 0.25) is 0 Å². The smallest absolute Gasteiger partial charge is 0.305 e. The highest BCUT2D eigenvalue weighted by Crippen LogP contribution is 2.14. The number of hydrogen-bond donors (Lipinski definition) is 3. The number of aryl methyl sites for hydroxylation is 1. The molecule has 0 spiro atoms. The lowest BCUT2D eigenvalue weighted by Crippen LogP contribution is -2.49. The number of ketones is 1. The molecule has 2 amide bonds. The topological polar surface area (TPSA) is 144 Å². The molecule has 0 saturated carbocycles. The third-order valence-electron chi connectivity index (χ3n) is 5.82. The van der Waals surface area contributed by atoms with Crippen molar-refractivity contribution in [2.24, 2.45) is 0 Å². The summed E-state index contributed by atoms with van der Waals surface area (Å²) in [5, 5.41) is 15.5. The molecule has 0 aliphatic heterocycles. The van der Waals surface area contributed by atoms with Crippen LogP contribution >= 0.6 is 0 Å². The van der Waals surface area contributed by atoms with Gasteiger partial charge >= 0.3 is 5.97 Å². The normalized spacial score (nSPS) is 11.4. The van der Waals surface area contributed by atoms with E-state index < -0.39 is 35.0 Å². The Hall–Kier alpha value is -3.95. The van der Waals surface area contributed by atoms with Crippen molar-refractivity contribution in [1.82, 2.24) is 15.2 Å². The van der Waals surface area contributed by atoms with E-state index in [2.05, 4.69) is 22.3 Å². The van der Waals surface area contributed by atoms with Crippen molar-refractivity contribution in [2.75, 3.05) is 13.7 Å². The third kappa shape index (κ3) is 9.55. The van der Waals surface area contributed by atoms with Crippen LogP contribution in [0.15, 0.2) is 47.4 Å². The molecular formula is C27H35N3O7. The van der Waals surface area contributed by atoms with E-state index >= 15 is 0 Å². The molecule has 37 heavy (non-hydrogen) atoms. The van der Waals surface area contributed by atoms with Gasteiger partial charge in [0.05, 0.1) is 20.1 Å². The number of methoxy groups -OCH3 is 1. The molecule has 10 heteroatoms. The Balaban J connectivity index is 2.19. The number of benzene rings is 1. The molecule has 1 heterocycles. The first-order chi connectivity index (χ1) is 17.8. The van der Waals surface area contributed by atoms with Crippen molar-refractivity contribution in [2.45, 2.75) is 64.5 Å². The second-order valence-electron chi connectivity index (χ2n) is 8.68. The zero-order valence-corrected chi connectivity index (χ0v) is 21.3. The molecule has 2 aromatic rings. The zero-order valence-electron chi connectivity index (χ0n) is 21.3. The molecule has 10 nitrogen and oxygen atoms in total. The highest BCUT2D eigenvalue weighted by molar-refractivity contribution is 5.99. The summed E-state index contributed by atoms with van der Waals surface area (Å²) in [6.45, 7) is 2.17. The molecule has 3 N–H and O–H groups in total. The van der Waals surface area contributed by atoms with Gasteiger partial charge in [0, 0.05) is 31.6 Å². The molecule has 0 radical (unpaired) electrons. The summed E-state index contributed by atoms with van der Waals surface area (Å²) >= 11 is 0. The minimum absolute atomic E-state index is 0.0924. The number of ether oxygens (including phenoxy) is 1. The number of rotatable bonds is 15. The minimum Gasteiger partial charge on any atom is -0.503 e. The van der Waals surface area contributed by atoms with E-state index in [9.17, 15) is 29.1 Å². The molecule has 0 bridgehead atoms. The highest BCUT2D eigenvalue weighted by atomic mass is 16.5. The summed E-state index contributed by atoms with van der Waals surface area (Å²) in [4.78, 5) is 61.7. The van der Waals surface area contributed by atoms with E-state index in [1.165, 1.54) is 23.9 Å². The Morgan fingerprint density at radius 1 is 1.03 bits per heavy atom. The van der Waals surface area contributed by atoms with Gasteiger partial charge in [-0.1, -0.05) is 56.5 Å². The Morgan fingerprint density at radius 3 is 2.43 bits per heavy atom. The van der Waals surface area contributed by atoms with E-state index in [0.717, 1.165) is 31.2 Å². The van der Waals surface area contributed by atoms with Gasteiger partial charge in [0.1, 0.15) is 6.04 Å². The lowest BCUT2D eigenvalue weighted by Gasteiger charge is -2.20. The van der Waals surface area contributed by atoms with Crippen molar-refractivity contribution in [3.05, 3.63) is 64.1 Å². The van der Waals surface area contributed by atoms with Crippen LogP contribution in [-0.2, 0) is 32.1 Å². The van der Waals surface area contributed by atoms with Gasteiger partial charge in [0.25, 0.3) is 5.91 Å². The lowest BCUT2D eigenvalue weighted by atomic mass is 10.0. The number of pyridine rings is 1. The highest BCUT2D eigenvalue weighted by Gasteiger charge is 2.26. The lowest BCUT2D eigenvalue weighted by molar-refractivity contribution is -0.141. The van der Waals surface area contributed by atoms with Crippen LogP contribution in [0.4, 0.5) is 0 Å². The van der Waals surface area contributed by atoms with E-state index in [1.807, 2.05) is 6.07 Å². The Morgan fingerprint density at radius 2 is 1.76 bits per heavy atom. The number of Topliss-reactive ketones (excluding diaryl/α,β-unsaturated/α-hetero) is 1. The first-order valence-electron chi connectivity index (χ1n) is 12.4. The predicted molar refractivity (Wildman–Crippen MR) is 137 cm³/mol. The van der Waals surface area contributed by atoms with E-state index in [0.29, 0.717) is 6.54 Å². The summed E-state index contributed by atoms with van der Waals surface area (Å²) in [5.74, 6) is -2.98. The summed E-state index contributed by atoms with van der Waals surface area (Å²) in [6, 6.07) is 9.08. The maximum Gasteiger partial charge on any atom is 0.305 e. The molecule has 1 atom stereocenters. The first-order valence-corrected chi connectivity index (χ1v) is 12.4. The number of hydrogen-bond acceptors (Lipinski definition) is 7. The minimum atomic E-state index is -1.09. The van der Waals surface area contributed by atoms with Crippen LogP contribution in [0.1, 0.15) is 61.5 Å². The largest absolute Gasteiger partial charge is 0.503 e. The molecule has 0 aliphatic rings. The quantitative estimate of drug-likeness (QED) is 0.244. The molecule has 0 aliphatic carbocycles. The number of amides is 2. The van der Waals surface area contributed by atoms with Crippen LogP contribution in [-0.4, -0.2) is 52.9 Å². The number of nitrogens with one attached hydrogen (secondary N) is 2. The third-order valence-corrected chi connectivity index (χ3v) is 5.82. The fourth-order valence-electron chi connectivity index (χ4n) is 3.72. The van der Waals surface area contributed by atoms with Crippen molar-refractivity contribution < 1.29 is 29.0 Å². The van der Waals surface area contributed by atoms with E-state index in [1.54, 1.807) is 24.3 Å². The second kappa shape index (κ2) is 15.2.